The Bertz CT molecular complexity index is 1460. The number of carbonyl (C=O) groups is 3. The van der Waals surface area contributed by atoms with E-state index in [1.807, 2.05) is 50.2 Å². The lowest BCUT2D eigenvalue weighted by Gasteiger charge is -2.32. The molecule has 0 fully saturated rings. The topological polar surface area (TPSA) is 152 Å². The molecule has 4 rings (SSSR count). The summed E-state index contributed by atoms with van der Waals surface area (Å²) < 4.78 is 3.97. The molecule has 0 radical (unpaired) electrons. The van der Waals surface area contributed by atoms with Crippen molar-refractivity contribution >= 4 is 40.6 Å². The second-order valence-electron chi connectivity index (χ2n) is 8.86. The maximum Gasteiger partial charge on any atom is 0.273 e. The third kappa shape index (κ3) is 5.65. The number of phenolic OH excluding ortho intramolecular Hbond substituents is 1. The lowest BCUT2D eigenvalue weighted by Crippen LogP contribution is -2.44. The van der Waals surface area contributed by atoms with Gasteiger partial charge in [0.2, 0.25) is 5.91 Å². The fraction of sp³-hybridized carbons (Fsp3) is 0.143. The average Bonchev–Trinajstić information content (AvgIpc) is 3.27. The number of aromatic nitrogens is 1. The summed E-state index contributed by atoms with van der Waals surface area (Å²) in [6.07, 6.45) is 0. The van der Waals surface area contributed by atoms with Gasteiger partial charge in [0.15, 0.2) is 5.69 Å². The number of benzene rings is 3. The molecule has 3 amide bonds. The zero-order valence-corrected chi connectivity index (χ0v) is 21.7. The number of rotatable bonds is 8. The van der Waals surface area contributed by atoms with Crippen molar-refractivity contribution in [1.82, 2.24) is 9.69 Å². The number of amides is 3. The molecule has 0 aliphatic carbocycles. The summed E-state index contributed by atoms with van der Waals surface area (Å²) in [5, 5.41) is 12.8. The molecular formula is C28H27N5O4S. The van der Waals surface area contributed by atoms with E-state index >= 15 is 0 Å². The van der Waals surface area contributed by atoms with Crippen LogP contribution in [0.3, 0.4) is 0 Å². The number of nitrogen functional groups attached to an aromatic ring is 1. The molecule has 194 valence electrons. The fourth-order valence-corrected chi connectivity index (χ4v) is 4.91. The Kier molecular flexibility index (Phi) is 7.73. The van der Waals surface area contributed by atoms with Gasteiger partial charge in [-0.05, 0) is 71.9 Å². The largest absolute Gasteiger partial charge is 0.508 e. The van der Waals surface area contributed by atoms with Crippen molar-refractivity contribution in [2.75, 3.05) is 10.6 Å². The predicted molar refractivity (Wildman–Crippen MR) is 147 cm³/mol. The van der Waals surface area contributed by atoms with Gasteiger partial charge in [-0.3, -0.25) is 19.3 Å². The van der Waals surface area contributed by atoms with Gasteiger partial charge in [0.05, 0.1) is 5.69 Å². The molecule has 1 heterocycles. The molecule has 6 N–H and O–H groups in total. The van der Waals surface area contributed by atoms with E-state index in [0.29, 0.717) is 11.3 Å². The SMILES string of the molecule is Cc1cc(C)cc(N(C(=O)c2snc(C(N)=O)c2N)[C@@H](C(=O)NCc2ccccc2)c2ccc(O)cc2)c1. The maximum atomic E-state index is 14.1. The Morgan fingerprint density at radius 2 is 1.63 bits per heavy atom. The first-order chi connectivity index (χ1) is 18.2. The zero-order valence-electron chi connectivity index (χ0n) is 20.8. The highest BCUT2D eigenvalue weighted by Gasteiger charge is 2.36. The molecule has 9 nitrogen and oxygen atoms in total. The molecule has 38 heavy (non-hydrogen) atoms. The number of hydrogen-bond acceptors (Lipinski definition) is 7. The number of hydrogen-bond donors (Lipinski definition) is 4. The van der Waals surface area contributed by atoms with E-state index in [1.165, 1.54) is 17.0 Å². The van der Waals surface area contributed by atoms with E-state index in [9.17, 15) is 19.5 Å². The molecule has 0 bridgehead atoms. The Morgan fingerprint density at radius 3 is 2.21 bits per heavy atom. The smallest absolute Gasteiger partial charge is 0.273 e. The highest BCUT2D eigenvalue weighted by molar-refractivity contribution is 7.09. The molecule has 0 saturated carbocycles. The minimum absolute atomic E-state index is 0.0132. The highest BCUT2D eigenvalue weighted by Crippen LogP contribution is 2.34. The molecule has 0 aliphatic rings. The number of carbonyl (C=O) groups excluding carboxylic acids is 3. The van der Waals surface area contributed by atoms with Gasteiger partial charge in [-0.25, -0.2) is 0 Å². The third-order valence-corrected chi connectivity index (χ3v) is 6.73. The highest BCUT2D eigenvalue weighted by atomic mass is 32.1. The van der Waals surface area contributed by atoms with E-state index in [-0.39, 0.29) is 28.6 Å². The van der Waals surface area contributed by atoms with E-state index < -0.39 is 23.8 Å². The number of primary amides is 1. The molecule has 1 aromatic heterocycles. The van der Waals surface area contributed by atoms with Crippen molar-refractivity contribution in [3.63, 3.8) is 0 Å². The number of phenols is 1. The maximum absolute atomic E-state index is 14.1. The van der Waals surface area contributed by atoms with Gasteiger partial charge in [-0.15, -0.1) is 0 Å². The first kappa shape index (κ1) is 26.4. The number of nitrogens with zero attached hydrogens (tertiary/aromatic N) is 2. The third-order valence-electron chi connectivity index (χ3n) is 5.88. The number of anilines is 2. The van der Waals surface area contributed by atoms with Crippen LogP contribution in [0.4, 0.5) is 11.4 Å². The number of nitrogens with two attached hydrogens (primary N) is 2. The summed E-state index contributed by atoms with van der Waals surface area (Å²) in [6.45, 7) is 4.00. The number of aromatic hydroxyl groups is 1. The monoisotopic (exact) mass is 529 g/mol. The Hall–Kier alpha value is -4.70. The van der Waals surface area contributed by atoms with Crippen LogP contribution in [-0.2, 0) is 11.3 Å². The molecule has 1 atom stereocenters. The summed E-state index contributed by atoms with van der Waals surface area (Å²) in [4.78, 5) is 41.1. The molecule has 0 unspecified atom stereocenters. The van der Waals surface area contributed by atoms with Gasteiger partial charge in [-0.2, -0.15) is 4.37 Å². The zero-order chi connectivity index (χ0) is 27.4. The predicted octanol–water partition coefficient (Wildman–Crippen LogP) is 3.85. The molecule has 0 spiro atoms. The first-order valence-corrected chi connectivity index (χ1v) is 12.5. The van der Waals surface area contributed by atoms with E-state index in [2.05, 4.69) is 9.69 Å². The van der Waals surface area contributed by atoms with E-state index in [1.54, 1.807) is 24.3 Å². The van der Waals surface area contributed by atoms with Crippen molar-refractivity contribution < 1.29 is 19.5 Å². The van der Waals surface area contributed by atoms with Gasteiger partial charge < -0.3 is 21.9 Å². The molecule has 0 saturated heterocycles. The standard InChI is InChI=1S/C28H27N5O4S/c1-16-12-17(2)14-20(13-16)33(28(37)25-22(29)23(26(30)35)32-38-25)24(19-8-10-21(34)11-9-19)27(36)31-15-18-6-4-3-5-7-18/h3-14,24,34H,15,29H2,1-2H3,(H2,30,35)(H,31,36)/t24-/m1/s1. The summed E-state index contributed by atoms with van der Waals surface area (Å²) in [6, 6.07) is 19.8. The summed E-state index contributed by atoms with van der Waals surface area (Å²) in [5.41, 5.74) is 14.7. The normalized spacial score (nSPS) is 11.5. The second kappa shape index (κ2) is 11.1. The quantitative estimate of drug-likeness (QED) is 0.272. The molecule has 0 aliphatic heterocycles. The first-order valence-electron chi connectivity index (χ1n) is 11.7. The van der Waals surface area contributed by atoms with Crippen molar-refractivity contribution in [2.45, 2.75) is 26.4 Å². The van der Waals surface area contributed by atoms with Crippen LogP contribution < -0.4 is 21.7 Å². The molecule has 4 aromatic rings. The lowest BCUT2D eigenvalue weighted by molar-refractivity contribution is -0.122. The Balaban J connectivity index is 1.86. The van der Waals surface area contributed by atoms with Crippen molar-refractivity contribution in [3.05, 3.63) is 106 Å². The molecular weight excluding hydrogens is 502 g/mol. The molecule has 10 heteroatoms. The van der Waals surface area contributed by atoms with Crippen LogP contribution in [0, 0.1) is 13.8 Å². The Labute approximate surface area is 223 Å². The van der Waals surface area contributed by atoms with Gasteiger partial charge in [0.1, 0.15) is 16.7 Å². The van der Waals surface area contributed by atoms with Crippen LogP contribution in [-0.4, -0.2) is 27.2 Å². The summed E-state index contributed by atoms with van der Waals surface area (Å²) >= 11 is 0.742. The molecule has 3 aromatic carbocycles. The summed E-state index contributed by atoms with van der Waals surface area (Å²) in [5.74, 6) is -1.92. The van der Waals surface area contributed by atoms with E-state index in [0.717, 1.165) is 28.2 Å². The van der Waals surface area contributed by atoms with Crippen LogP contribution >= 0.6 is 11.5 Å². The van der Waals surface area contributed by atoms with Crippen LogP contribution in [0.25, 0.3) is 0 Å². The minimum atomic E-state index is -1.15. The van der Waals surface area contributed by atoms with Gasteiger partial charge in [0, 0.05) is 12.2 Å². The minimum Gasteiger partial charge on any atom is -0.508 e. The van der Waals surface area contributed by atoms with Crippen LogP contribution in [0.15, 0.2) is 72.8 Å². The van der Waals surface area contributed by atoms with Crippen molar-refractivity contribution in [2.24, 2.45) is 5.73 Å². The van der Waals surface area contributed by atoms with Gasteiger partial charge in [0.25, 0.3) is 11.8 Å². The summed E-state index contributed by atoms with van der Waals surface area (Å²) in [7, 11) is 0. The van der Waals surface area contributed by atoms with Crippen LogP contribution in [0.1, 0.15) is 48.5 Å². The van der Waals surface area contributed by atoms with Crippen molar-refractivity contribution in [3.8, 4) is 5.75 Å². The Morgan fingerprint density at radius 1 is 1.00 bits per heavy atom. The lowest BCUT2D eigenvalue weighted by atomic mass is 10.0. The second-order valence-corrected chi connectivity index (χ2v) is 9.63. The number of aryl methyl sites for hydroxylation is 2. The average molecular weight is 530 g/mol. The van der Waals surface area contributed by atoms with Crippen molar-refractivity contribution in [1.29, 1.82) is 0 Å². The van der Waals surface area contributed by atoms with Crippen LogP contribution in [0.5, 0.6) is 5.75 Å². The van der Waals surface area contributed by atoms with Gasteiger partial charge in [-0.1, -0.05) is 48.5 Å². The van der Waals surface area contributed by atoms with Crippen LogP contribution in [0.2, 0.25) is 0 Å². The number of nitrogens with one attached hydrogen (secondary N) is 1. The fourth-order valence-electron chi connectivity index (χ4n) is 4.17. The van der Waals surface area contributed by atoms with Gasteiger partial charge >= 0.3 is 0 Å². The van der Waals surface area contributed by atoms with E-state index in [4.69, 9.17) is 11.5 Å².